The van der Waals surface area contributed by atoms with E-state index in [1.54, 1.807) is 42.5 Å². The maximum Gasteiger partial charge on any atom is 0.242 e. The highest BCUT2D eigenvalue weighted by Gasteiger charge is 2.19. The van der Waals surface area contributed by atoms with Gasteiger partial charge in [-0.1, -0.05) is 34.1 Å². The fourth-order valence-electron chi connectivity index (χ4n) is 2.11. The van der Waals surface area contributed by atoms with Crippen LogP contribution in [0.25, 0.3) is 0 Å². The van der Waals surface area contributed by atoms with Gasteiger partial charge in [0.1, 0.15) is 0 Å². The summed E-state index contributed by atoms with van der Waals surface area (Å²) in [4.78, 5) is 12.2. The van der Waals surface area contributed by atoms with Gasteiger partial charge in [-0.25, -0.2) is 12.7 Å². The third-order valence-electron chi connectivity index (χ3n) is 3.46. The Hall–Kier alpha value is -1.70. The standard InChI is InChI=1S/C17H19BrN2O3S/c1-20(24(22,23)16-6-3-2-4-7-16)13-5-8-17(21)19-15-11-9-14(18)10-12-15/h2-4,6-7,9-12H,5,8,13H2,1H3,(H,19,21). The fourth-order valence-corrected chi connectivity index (χ4v) is 3.61. The molecule has 0 unspecified atom stereocenters. The third-order valence-corrected chi connectivity index (χ3v) is 5.86. The number of carbonyl (C=O) groups is 1. The van der Waals surface area contributed by atoms with Crippen molar-refractivity contribution in [3.63, 3.8) is 0 Å². The molecule has 0 aliphatic carbocycles. The van der Waals surface area contributed by atoms with Crippen LogP contribution in [0, 0.1) is 0 Å². The van der Waals surface area contributed by atoms with Crippen LogP contribution in [0.3, 0.4) is 0 Å². The lowest BCUT2D eigenvalue weighted by Crippen LogP contribution is -2.28. The quantitative estimate of drug-likeness (QED) is 0.759. The lowest BCUT2D eigenvalue weighted by molar-refractivity contribution is -0.116. The molecule has 128 valence electrons. The highest BCUT2D eigenvalue weighted by atomic mass is 79.9. The summed E-state index contributed by atoms with van der Waals surface area (Å²) in [6.07, 6.45) is 0.704. The molecule has 0 saturated carbocycles. The van der Waals surface area contributed by atoms with Crippen LogP contribution in [0.5, 0.6) is 0 Å². The summed E-state index contributed by atoms with van der Waals surface area (Å²) in [7, 11) is -1.98. The van der Waals surface area contributed by atoms with Crippen molar-refractivity contribution in [2.75, 3.05) is 18.9 Å². The molecule has 24 heavy (non-hydrogen) atoms. The maximum absolute atomic E-state index is 12.4. The largest absolute Gasteiger partial charge is 0.326 e. The van der Waals surface area contributed by atoms with Crippen LogP contribution in [0.15, 0.2) is 64.0 Å². The fraction of sp³-hybridized carbons (Fsp3) is 0.235. The molecule has 0 aliphatic rings. The molecule has 2 aromatic rings. The normalized spacial score (nSPS) is 11.5. The van der Waals surface area contributed by atoms with Crippen molar-refractivity contribution in [3.05, 3.63) is 59.1 Å². The first-order valence-corrected chi connectivity index (χ1v) is 9.70. The van der Waals surface area contributed by atoms with E-state index in [9.17, 15) is 13.2 Å². The Morgan fingerprint density at radius 3 is 2.33 bits per heavy atom. The van der Waals surface area contributed by atoms with Crippen molar-refractivity contribution in [1.29, 1.82) is 0 Å². The Bertz CT molecular complexity index is 777. The van der Waals surface area contributed by atoms with Crippen LogP contribution in [0.2, 0.25) is 0 Å². The van der Waals surface area contributed by atoms with Gasteiger partial charge in [0, 0.05) is 30.2 Å². The van der Waals surface area contributed by atoms with Gasteiger partial charge in [-0.2, -0.15) is 0 Å². The van der Waals surface area contributed by atoms with Gasteiger partial charge in [-0.05, 0) is 42.8 Å². The van der Waals surface area contributed by atoms with Gasteiger partial charge < -0.3 is 5.32 Å². The van der Waals surface area contributed by atoms with Crippen molar-refractivity contribution in [3.8, 4) is 0 Å². The van der Waals surface area contributed by atoms with E-state index < -0.39 is 10.0 Å². The number of rotatable bonds is 7. The van der Waals surface area contributed by atoms with Crippen LogP contribution in [0.1, 0.15) is 12.8 Å². The first-order valence-electron chi connectivity index (χ1n) is 7.46. The van der Waals surface area contributed by atoms with Crippen LogP contribution >= 0.6 is 15.9 Å². The molecule has 1 N–H and O–H groups in total. The molecule has 2 aromatic carbocycles. The van der Waals surface area contributed by atoms with Crippen LogP contribution < -0.4 is 5.32 Å². The minimum Gasteiger partial charge on any atom is -0.326 e. The van der Waals surface area contributed by atoms with E-state index in [4.69, 9.17) is 0 Å². The minimum atomic E-state index is -3.50. The third kappa shape index (κ3) is 5.15. The number of halogens is 1. The first kappa shape index (κ1) is 18.6. The van der Waals surface area contributed by atoms with Crippen LogP contribution in [-0.4, -0.2) is 32.2 Å². The average molecular weight is 411 g/mol. The molecule has 0 bridgehead atoms. The topological polar surface area (TPSA) is 66.5 Å². The number of hydrogen-bond acceptors (Lipinski definition) is 3. The van der Waals surface area contributed by atoms with E-state index in [1.165, 1.54) is 11.4 Å². The molecular formula is C17H19BrN2O3S. The van der Waals surface area contributed by atoms with Gasteiger partial charge in [-0.15, -0.1) is 0 Å². The Balaban J connectivity index is 1.83. The molecule has 0 radical (unpaired) electrons. The lowest BCUT2D eigenvalue weighted by Gasteiger charge is -2.17. The molecule has 0 heterocycles. The number of hydrogen-bond donors (Lipinski definition) is 1. The van der Waals surface area contributed by atoms with Gasteiger partial charge >= 0.3 is 0 Å². The van der Waals surface area contributed by atoms with Crippen molar-refractivity contribution < 1.29 is 13.2 Å². The van der Waals surface area contributed by atoms with Gasteiger partial charge in [0.2, 0.25) is 15.9 Å². The molecule has 0 saturated heterocycles. The summed E-state index contributed by atoms with van der Waals surface area (Å²) in [5.41, 5.74) is 0.716. The number of sulfonamides is 1. The molecule has 0 fully saturated rings. The Morgan fingerprint density at radius 2 is 1.71 bits per heavy atom. The van der Waals surface area contributed by atoms with Crippen LogP contribution in [-0.2, 0) is 14.8 Å². The summed E-state index contributed by atoms with van der Waals surface area (Å²) in [6, 6.07) is 15.6. The smallest absolute Gasteiger partial charge is 0.242 e. The average Bonchev–Trinajstić information content (AvgIpc) is 2.57. The Labute approximate surface area is 150 Å². The first-order chi connectivity index (χ1) is 11.4. The van der Waals surface area contributed by atoms with E-state index in [1.807, 2.05) is 12.1 Å². The van der Waals surface area contributed by atoms with Crippen LogP contribution in [0.4, 0.5) is 5.69 Å². The van der Waals surface area contributed by atoms with Crippen molar-refractivity contribution >= 4 is 37.5 Å². The van der Waals surface area contributed by atoms with E-state index in [0.717, 1.165) is 4.47 Å². The molecule has 0 aliphatic heterocycles. The van der Waals surface area contributed by atoms with E-state index >= 15 is 0 Å². The molecule has 5 nitrogen and oxygen atoms in total. The second-order valence-electron chi connectivity index (χ2n) is 5.30. The maximum atomic E-state index is 12.4. The Kier molecular flexibility index (Phi) is 6.53. The Morgan fingerprint density at radius 1 is 1.08 bits per heavy atom. The lowest BCUT2D eigenvalue weighted by atomic mass is 10.2. The SMILES string of the molecule is CN(CCCC(=O)Nc1ccc(Br)cc1)S(=O)(=O)c1ccccc1. The highest BCUT2D eigenvalue weighted by Crippen LogP contribution is 2.16. The van der Waals surface area contributed by atoms with Crippen molar-refractivity contribution in [2.24, 2.45) is 0 Å². The van der Waals surface area contributed by atoms with Crippen molar-refractivity contribution in [2.45, 2.75) is 17.7 Å². The summed E-state index contributed by atoms with van der Waals surface area (Å²) < 4.78 is 26.9. The van der Waals surface area contributed by atoms with Gasteiger partial charge in [0.25, 0.3) is 0 Å². The summed E-state index contributed by atoms with van der Waals surface area (Å²) in [5, 5.41) is 2.79. The van der Waals surface area contributed by atoms with E-state index in [0.29, 0.717) is 12.1 Å². The molecule has 1 amide bonds. The molecule has 7 heteroatoms. The number of nitrogens with one attached hydrogen (secondary N) is 1. The minimum absolute atomic E-state index is 0.136. The van der Waals surface area contributed by atoms with Gasteiger partial charge in [0.05, 0.1) is 4.90 Å². The predicted octanol–water partition coefficient (Wildman–Crippen LogP) is 3.49. The van der Waals surface area contributed by atoms with E-state index in [-0.39, 0.29) is 23.8 Å². The van der Waals surface area contributed by atoms with Gasteiger partial charge in [0.15, 0.2) is 0 Å². The zero-order valence-electron chi connectivity index (χ0n) is 13.3. The second-order valence-corrected chi connectivity index (χ2v) is 8.26. The molecule has 0 atom stereocenters. The number of benzene rings is 2. The summed E-state index contributed by atoms with van der Waals surface area (Å²) in [6.45, 7) is 0.283. The number of nitrogens with zero attached hydrogens (tertiary/aromatic N) is 1. The highest BCUT2D eigenvalue weighted by molar-refractivity contribution is 9.10. The molecular weight excluding hydrogens is 392 g/mol. The molecule has 0 spiro atoms. The van der Waals surface area contributed by atoms with E-state index in [2.05, 4.69) is 21.2 Å². The second kappa shape index (κ2) is 8.41. The summed E-state index contributed by atoms with van der Waals surface area (Å²) in [5.74, 6) is -0.136. The summed E-state index contributed by atoms with van der Waals surface area (Å²) >= 11 is 3.33. The number of anilines is 1. The predicted molar refractivity (Wildman–Crippen MR) is 98.3 cm³/mol. The molecule has 0 aromatic heterocycles. The van der Waals surface area contributed by atoms with Gasteiger partial charge in [-0.3, -0.25) is 4.79 Å². The van der Waals surface area contributed by atoms with Crippen molar-refractivity contribution in [1.82, 2.24) is 4.31 Å². The zero-order chi connectivity index (χ0) is 17.6. The number of amides is 1. The number of carbonyl (C=O) groups excluding carboxylic acids is 1. The molecule has 2 rings (SSSR count). The zero-order valence-corrected chi connectivity index (χ0v) is 15.7. The monoisotopic (exact) mass is 410 g/mol.